The third-order valence-corrected chi connectivity index (χ3v) is 2.55. The molecule has 0 aliphatic rings. The molecule has 2 rings (SSSR count). The molecule has 0 radical (unpaired) electrons. The second-order valence-electron chi connectivity index (χ2n) is 3.98. The van der Waals surface area contributed by atoms with Gasteiger partial charge in [0.1, 0.15) is 0 Å². The molecule has 90 valence electrons. The minimum absolute atomic E-state index is 0.739. The van der Waals surface area contributed by atoms with Crippen LogP contribution in [0, 0.1) is 6.92 Å². The lowest BCUT2D eigenvalue weighted by Gasteiger charge is -1.96. The largest absolute Gasteiger partial charge is 0.261 e. The van der Waals surface area contributed by atoms with Crippen molar-refractivity contribution in [2.24, 2.45) is 9.98 Å². The lowest BCUT2D eigenvalue weighted by atomic mass is 10.2. The highest BCUT2D eigenvalue weighted by Crippen LogP contribution is 2.16. The maximum Gasteiger partial charge on any atom is 0.0654 e. The molecule has 0 fully saturated rings. The quantitative estimate of drug-likeness (QED) is 0.699. The van der Waals surface area contributed by atoms with E-state index < -0.39 is 0 Å². The van der Waals surface area contributed by atoms with Crippen LogP contribution >= 0.6 is 0 Å². The lowest BCUT2D eigenvalue weighted by Crippen LogP contribution is -1.78. The molecule has 0 N–H and O–H groups in total. The van der Waals surface area contributed by atoms with Crippen molar-refractivity contribution >= 4 is 23.8 Å². The van der Waals surface area contributed by atoms with Crippen LogP contribution in [0.3, 0.4) is 0 Å². The summed E-state index contributed by atoms with van der Waals surface area (Å²) >= 11 is 0. The number of hydrogen-bond acceptors (Lipinski definition) is 2. The van der Waals surface area contributed by atoms with Crippen LogP contribution in [-0.4, -0.2) is 12.4 Å². The number of hydrogen-bond donors (Lipinski definition) is 0. The zero-order valence-corrected chi connectivity index (χ0v) is 10.5. The first-order valence-electron chi connectivity index (χ1n) is 6.02. The highest BCUT2D eigenvalue weighted by molar-refractivity contribution is 5.82. The van der Waals surface area contributed by atoms with E-state index in [1.807, 2.05) is 61.0 Å². The van der Waals surface area contributed by atoms with Crippen molar-refractivity contribution in [3.05, 3.63) is 60.2 Å². The molecule has 0 unspecified atom stereocenters. The number of rotatable bonds is 4. The molecule has 0 saturated heterocycles. The molecule has 0 saturated carbocycles. The molecule has 2 nitrogen and oxygen atoms in total. The van der Waals surface area contributed by atoms with Crippen molar-refractivity contribution in [3.63, 3.8) is 0 Å². The Balaban J connectivity index is 1.89. The molecule has 0 bridgehead atoms. The van der Waals surface area contributed by atoms with Gasteiger partial charge in [0.2, 0.25) is 0 Å². The van der Waals surface area contributed by atoms with Gasteiger partial charge in [0.05, 0.1) is 11.4 Å². The molecule has 0 aliphatic carbocycles. The van der Waals surface area contributed by atoms with Gasteiger partial charge < -0.3 is 0 Å². The first-order chi connectivity index (χ1) is 8.86. The van der Waals surface area contributed by atoms with Gasteiger partial charge in [-0.25, -0.2) is 0 Å². The molecular weight excluding hydrogens is 220 g/mol. The Hall–Kier alpha value is -2.22. The predicted octanol–water partition coefficient (Wildman–Crippen LogP) is 4.49. The average molecular weight is 236 g/mol. The van der Waals surface area contributed by atoms with Gasteiger partial charge in [-0.1, -0.05) is 36.4 Å². The minimum Gasteiger partial charge on any atom is -0.261 e. The summed E-state index contributed by atoms with van der Waals surface area (Å²) in [6.45, 7) is 2.06. The zero-order chi connectivity index (χ0) is 12.6. The Morgan fingerprint density at radius 1 is 0.833 bits per heavy atom. The normalized spacial score (nSPS) is 11.4. The Bertz CT molecular complexity index is 542. The molecule has 0 amide bonds. The first-order valence-corrected chi connectivity index (χ1v) is 6.02. The molecule has 0 aromatic heterocycles. The summed E-state index contributed by atoms with van der Waals surface area (Å²) in [5.41, 5.74) is 3.18. The summed E-state index contributed by atoms with van der Waals surface area (Å²) in [7, 11) is 0. The van der Waals surface area contributed by atoms with E-state index in [2.05, 4.69) is 23.0 Å². The van der Waals surface area contributed by atoms with Crippen LogP contribution in [-0.2, 0) is 0 Å². The lowest BCUT2D eigenvalue weighted by molar-refractivity contribution is 1.39. The Labute approximate surface area is 108 Å². The summed E-state index contributed by atoms with van der Waals surface area (Å²) in [6, 6.07) is 18.0. The second kappa shape index (κ2) is 6.50. The highest BCUT2D eigenvalue weighted by Gasteiger charge is 1.90. The number of nitrogens with zero attached hydrogens (tertiary/aromatic N) is 2. The Morgan fingerprint density at radius 2 is 1.50 bits per heavy atom. The van der Waals surface area contributed by atoms with E-state index in [9.17, 15) is 0 Å². The van der Waals surface area contributed by atoms with Gasteiger partial charge in [-0.05, 0) is 30.7 Å². The van der Waals surface area contributed by atoms with Gasteiger partial charge >= 0.3 is 0 Å². The van der Waals surface area contributed by atoms with Gasteiger partial charge in [0.15, 0.2) is 0 Å². The number of benzene rings is 2. The Kier molecular flexibility index (Phi) is 4.42. The third kappa shape index (κ3) is 3.67. The summed E-state index contributed by atoms with van der Waals surface area (Å²) in [5.74, 6) is 0. The summed E-state index contributed by atoms with van der Waals surface area (Å²) < 4.78 is 0. The van der Waals surface area contributed by atoms with E-state index in [4.69, 9.17) is 0 Å². The van der Waals surface area contributed by atoms with Crippen molar-refractivity contribution < 1.29 is 0 Å². The van der Waals surface area contributed by atoms with E-state index in [0.29, 0.717) is 0 Å². The third-order valence-electron chi connectivity index (χ3n) is 2.55. The summed E-state index contributed by atoms with van der Waals surface area (Å²) in [6.07, 6.45) is 4.50. The predicted molar refractivity (Wildman–Crippen MR) is 78.5 cm³/mol. The van der Waals surface area contributed by atoms with E-state index >= 15 is 0 Å². The standard InChI is InChI=1S/C16H16N2/c1-14-8-5-6-11-16(14)18-13-7-12-17-15-9-3-2-4-10-15/h2-6,8-13H,7H2,1H3. The van der Waals surface area contributed by atoms with Gasteiger partial charge in [0.25, 0.3) is 0 Å². The van der Waals surface area contributed by atoms with Crippen molar-refractivity contribution in [3.8, 4) is 0 Å². The van der Waals surface area contributed by atoms with Gasteiger partial charge in [0, 0.05) is 18.9 Å². The number of aliphatic imine (C=N–C) groups is 2. The van der Waals surface area contributed by atoms with Crippen LogP contribution < -0.4 is 0 Å². The molecule has 2 aromatic carbocycles. The average Bonchev–Trinajstić information content (AvgIpc) is 2.42. The van der Waals surface area contributed by atoms with Crippen molar-refractivity contribution in [2.75, 3.05) is 0 Å². The molecular formula is C16H16N2. The van der Waals surface area contributed by atoms with E-state index in [0.717, 1.165) is 17.8 Å². The van der Waals surface area contributed by atoms with Gasteiger partial charge in [-0.3, -0.25) is 9.98 Å². The van der Waals surface area contributed by atoms with Crippen LogP contribution in [0.4, 0.5) is 11.4 Å². The molecule has 0 atom stereocenters. The molecule has 0 aliphatic heterocycles. The SMILES string of the molecule is Cc1ccccc1N=CCC=Nc1ccccc1. The zero-order valence-electron chi connectivity index (χ0n) is 10.5. The molecule has 0 heterocycles. The molecule has 2 heteroatoms. The molecule has 18 heavy (non-hydrogen) atoms. The minimum atomic E-state index is 0.739. The monoisotopic (exact) mass is 236 g/mol. The van der Waals surface area contributed by atoms with Gasteiger partial charge in [-0.15, -0.1) is 0 Å². The number of aryl methyl sites for hydroxylation is 1. The molecule has 0 spiro atoms. The van der Waals surface area contributed by atoms with E-state index in [-0.39, 0.29) is 0 Å². The maximum atomic E-state index is 4.42. The van der Waals surface area contributed by atoms with Crippen molar-refractivity contribution in [1.82, 2.24) is 0 Å². The van der Waals surface area contributed by atoms with Crippen LogP contribution in [0.15, 0.2) is 64.6 Å². The number of para-hydroxylation sites is 2. The second-order valence-corrected chi connectivity index (χ2v) is 3.98. The summed E-state index contributed by atoms with van der Waals surface area (Å²) in [5, 5.41) is 0. The first kappa shape index (κ1) is 12.2. The fraction of sp³-hybridized carbons (Fsp3) is 0.125. The fourth-order valence-corrected chi connectivity index (χ4v) is 1.58. The van der Waals surface area contributed by atoms with E-state index in [1.165, 1.54) is 5.56 Å². The van der Waals surface area contributed by atoms with Crippen LogP contribution in [0.25, 0.3) is 0 Å². The van der Waals surface area contributed by atoms with Gasteiger partial charge in [-0.2, -0.15) is 0 Å². The topological polar surface area (TPSA) is 24.7 Å². The van der Waals surface area contributed by atoms with Crippen LogP contribution in [0.1, 0.15) is 12.0 Å². The van der Waals surface area contributed by atoms with Crippen LogP contribution in [0.2, 0.25) is 0 Å². The Morgan fingerprint density at radius 3 is 2.28 bits per heavy atom. The van der Waals surface area contributed by atoms with E-state index in [1.54, 1.807) is 0 Å². The maximum absolute atomic E-state index is 4.42. The van der Waals surface area contributed by atoms with Crippen molar-refractivity contribution in [2.45, 2.75) is 13.3 Å². The highest BCUT2D eigenvalue weighted by atomic mass is 14.7. The summed E-state index contributed by atoms with van der Waals surface area (Å²) in [4.78, 5) is 8.76. The fourth-order valence-electron chi connectivity index (χ4n) is 1.58. The van der Waals surface area contributed by atoms with Crippen molar-refractivity contribution in [1.29, 1.82) is 0 Å². The smallest absolute Gasteiger partial charge is 0.0654 e. The van der Waals surface area contributed by atoms with Crippen LogP contribution in [0.5, 0.6) is 0 Å². The molecule has 2 aromatic rings.